The van der Waals surface area contributed by atoms with Crippen molar-refractivity contribution in [1.82, 2.24) is 0 Å². The number of allylic oxidation sites excluding steroid dienone is 26. The molecular formula is C85H140O17P2. The molecule has 0 rings (SSSR count). The molecule has 0 saturated carbocycles. The maximum Gasteiger partial charge on any atom is 0.472 e. The van der Waals surface area contributed by atoms with Gasteiger partial charge in [0, 0.05) is 25.7 Å². The van der Waals surface area contributed by atoms with Crippen LogP contribution in [0.15, 0.2) is 158 Å². The van der Waals surface area contributed by atoms with Gasteiger partial charge < -0.3 is 33.8 Å². The van der Waals surface area contributed by atoms with Crippen molar-refractivity contribution in [1.29, 1.82) is 0 Å². The molecular weight excluding hydrogens is 1350 g/mol. The normalized spacial score (nSPS) is 14.7. The Balaban J connectivity index is 5.42. The molecule has 5 unspecified atom stereocenters. The standard InChI is InChI=1S/C85H140O17P2/c1-5-9-13-17-21-25-29-32-35-38-39-42-44-47-51-54-58-62-66-70-82(87)95-75-80(101-84(89)71-67-63-59-55-49-28-24-20-16-12-8-4)77-99-103(91,92)97-73-79(86)74-98-104(93,94)100-78-81(102-85(90)72-68-64-60-56-52-48-45-41-37-34-31-27-23-19-15-11-7-3)76-96-83(88)69-65-61-57-53-50-46-43-40-36-33-30-26-22-18-14-10-6-2/h9-11,13-15,21-23,25-27,32-37,39,42-43,46-47,51,53,57,79-81,86H,5-8,12,16-20,24,28-31,38,40-41,44-45,48-50,52,54-56,58-78H2,1-4H3,(H,91,92)(H,93,94)/b13-9-,14-10-,15-11-,25-21-,26-22-,27-23-,35-32-,36-33-,37-34-,42-39-,46-43-,51-47-,57-53-. The predicted octanol–water partition coefficient (Wildman–Crippen LogP) is 23.2. The third-order valence-corrected chi connectivity index (χ3v) is 17.9. The van der Waals surface area contributed by atoms with E-state index in [1.807, 2.05) is 12.2 Å². The Morgan fingerprint density at radius 2 is 0.510 bits per heavy atom. The van der Waals surface area contributed by atoms with E-state index in [1.54, 1.807) is 0 Å². The van der Waals surface area contributed by atoms with Crippen molar-refractivity contribution in [2.75, 3.05) is 39.6 Å². The van der Waals surface area contributed by atoms with Gasteiger partial charge in [0.05, 0.1) is 26.4 Å². The molecule has 0 aromatic carbocycles. The third kappa shape index (κ3) is 74.9. The lowest BCUT2D eigenvalue weighted by molar-refractivity contribution is -0.161. The van der Waals surface area contributed by atoms with Crippen molar-refractivity contribution in [2.45, 2.75) is 316 Å². The van der Waals surface area contributed by atoms with Gasteiger partial charge >= 0.3 is 39.5 Å². The van der Waals surface area contributed by atoms with E-state index in [-0.39, 0.29) is 25.7 Å². The van der Waals surface area contributed by atoms with Crippen molar-refractivity contribution < 1.29 is 80.2 Å². The Morgan fingerprint density at radius 1 is 0.279 bits per heavy atom. The maximum atomic E-state index is 13.1. The van der Waals surface area contributed by atoms with E-state index in [9.17, 15) is 43.2 Å². The fraction of sp³-hybridized carbons (Fsp3) is 0.647. The first-order chi connectivity index (χ1) is 50.7. The molecule has 3 N–H and O–H groups in total. The average molecular weight is 1500 g/mol. The zero-order valence-electron chi connectivity index (χ0n) is 64.6. The first-order valence-electron chi connectivity index (χ1n) is 39.7. The number of hydrogen-bond donors (Lipinski definition) is 3. The van der Waals surface area contributed by atoms with E-state index in [0.717, 1.165) is 173 Å². The first kappa shape index (κ1) is 98.7. The van der Waals surface area contributed by atoms with Gasteiger partial charge in [0.1, 0.15) is 19.3 Å². The smallest absolute Gasteiger partial charge is 0.462 e. The van der Waals surface area contributed by atoms with Crippen molar-refractivity contribution in [3.8, 4) is 0 Å². The van der Waals surface area contributed by atoms with Gasteiger partial charge in [-0.2, -0.15) is 0 Å². The Labute approximate surface area is 629 Å². The lowest BCUT2D eigenvalue weighted by Crippen LogP contribution is -2.30. The number of aliphatic hydroxyl groups excluding tert-OH is 1. The van der Waals surface area contributed by atoms with Gasteiger partial charge in [-0.25, -0.2) is 9.13 Å². The van der Waals surface area contributed by atoms with Crippen LogP contribution in [0.1, 0.15) is 297 Å². The minimum Gasteiger partial charge on any atom is -0.462 e. The number of phosphoric ester groups is 2. The molecule has 0 saturated heterocycles. The summed E-state index contributed by atoms with van der Waals surface area (Å²) in [7, 11) is -9.99. The Kier molecular flexibility index (Phi) is 72.0. The molecule has 17 nitrogen and oxygen atoms in total. The first-order valence-corrected chi connectivity index (χ1v) is 42.7. The number of rotatable bonds is 73. The van der Waals surface area contributed by atoms with Crippen LogP contribution in [0.3, 0.4) is 0 Å². The molecule has 104 heavy (non-hydrogen) atoms. The number of hydrogen-bond acceptors (Lipinski definition) is 15. The molecule has 0 bridgehead atoms. The SMILES string of the molecule is CC/C=C\C/C=C\C/C=C\C/C=C\C/C=C\CCCCCC(=O)OCC(COP(=O)(O)OCC(O)COP(=O)(O)OCC(COC(=O)CCC/C=C\C/C=C\C/C=C\C/C=C\C/C=C\CC)OC(=O)CCCCCCCCC/C=C\C/C=C\C/C=C\CC)OC(=O)CCCCCCCCCCCCC. The summed E-state index contributed by atoms with van der Waals surface area (Å²) in [5.41, 5.74) is 0. The lowest BCUT2D eigenvalue weighted by atomic mass is 10.1. The summed E-state index contributed by atoms with van der Waals surface area (Å²) in [6.07, 6.45) is 88.0. The molecule has 0 amide bonds. The number of carbonyl (C=O) groups is 4. The van der Waals surface area contributed by atoms with Crippen LogP contribution >= 0.6 is 15.6 Å². The summed E-state index contributed by atoms with van der Waals surface area (Å²) in [6.45, 7) is 4.41. The van der Waals surface area contributed by atoms with E-state index >= 15 is 0 Å². The zero-order chi connectivity index (χ0) is 76.0. The van der Waals surface area contributed by atoms with Crippen LogP contribution in [0, 0.1) is 0 Å². The van der Waals surface area contributed by atoms with Crippen LogP contribution in [-0.2, 0) is 65.4 Å². The highest BCUT2D eigenvalue weighted by molar-refractivity contribution is 7.47. The predicted molar refractivity (Wildman–Crippen MR) is 427 cm³/mol. The Morgan fingerprint density at radius 3 is 0.817 bits per heavy atom. The minimum absolute atomic E-state index is 0.0662. The van der Waals surface area contributed by atoms with E-state index in [2.05, 4.69) is 174 Å². The summed E-state index contributed by atoms with van der Waals surface area (Å²) in [5, 5.41) is 10.6. The average Bonchev–Trinajstić information content (AvgIpc) is 0.931. The summed E-state index contributed by atoms with van der Waals surface area (Å²) in [4.78, 5) is 73.0. The molecule has 0 radical (unpaired) electrons. The maximum absolute atomic E-state index is 13.1. The highest BCUT2D eigenvalue weighted by Crippen LogP contribution is 2.45. The summed E-state index contributed by atoms with van der Waals surface area (Å²) >= 11 is 0. The molecule has 0 fully saturated rings. The lowest BCUT2D eigenvalue weighted by Gasteiger charge is -2.21. The molecule has 0 aromatic heterocycles. The van der Waals surface area contributed by atoms with Crippen LogP contribution in [0.4, 0.5) is 0 Å². The fourth-order valence-corrected chi connectivity index (χ4v) is 11.6. The van der Waals surface area contributed by atoms with Gasteiger partial charge in [-0.15, -0.1) is 0 Å². The molecule has 19 heteroatoms. The van der Waals surface area contributed by atoms with Crippen molar-refractivity contribution in [3.63, 3.8) is 0 Å². The van der Waals surface area contributed by atoms with Gasteiger partial charge in [0.2, 0.25) is 0 Å². The molecule has 0 heterocycles. The van der Waals surface area contributed by atoms with Crippen molar-refractivity contribution in [3.05, 3.63) is 158 Å². The molecule has 592 valence electrons. The number of esters is 4. The number of ether oxygens (including phenoxy) is 4. The third-order valence-electron chi connectivity index (χ3n) is 16.0. The monoisotopic (exact) mass is 1490 g/mol. The highest BCUT2D eigenvalue weighted by atomic mass is 31.2. The van der Waals surface area contributed by atoms with E-state index in [0.29, 0.717) is 32.1 Å². The topological polar surface area (TPSA) is 237 Å². The van der Waals surface area contributed by atoms with Crippen LogP contribution in [0.2, 0.25) is 0 Å². The van der Waals surface area contributed by atoms with Crippen LogP contribution < -0.4 is 0 Å². The van der Waals surface area contributed by atoms with Crippen LogP contribution in [0.5, 0.6) is 0 Å². The molecule has 0 aromatic rings. The minimum atomic E-state index is -5.00. The van der Waals surface area contributed by atoms with Gasteiger partial charge in [0.15, 0.2) is 12.2 Å². The zero-order valence-corrected chi connectivity index (χ0v) is 66.4. The number of aliphatic hydroxyl groups is 1. The van der Waals surface area contributed by atoms with Crippen molar-refractivity contribution >= 4 is 39.5 Å². The second-order valence-electron chi connectivity index (χ2n) is 25.9. The number of phosphoric acid groups is 2. The number of unbranched alkanes of at least 4 members (excludes halogenated alkanes) is 21. The number of carbonyl (C=O) groups excluding carboxylic acids is 4. The van der Waals surface area contributed by atoms with Crippen molar-refractivity contribution in [2.24, 2.45) is 0 Å². The molecule has 0 aliphatic carbocycles. The fourth-order valence-electron chi connectivity index (χ4n) is 10.1. The largest absolute Gasteiger partial charge is 0.472 e. The second kappa shape index (κ2) is 75.9. The van der Waals surface area contributed by atoms with E-state index < -0.39 is 97.5 Å². The Bertz CT molecular complexity index is 2590. The van der Waals surface area contributed by atoms with E-state index in [4.69, 9.17) is 37.0 Å². The van der Waals surface area contributed by atoms with Crippen LogP contribution in [0.25, 0.3) is 0 Å². The highest BCUT2D eigenvalue weighted by Gasteiger charge is 2.30. The second-order valence-corrected chi connectivity index (χ2v) is 28.8. The summed E-state index contributed by atoms with van der Waals surface area (Å²) in [6, 6.07) is 0. The molecule has 5 atom stereocenters. The van der Waals surface area contributed by atoms with Gasteiger partial charge in [-0.3, -0.25) is 37.3 Å². The summed E-state index contributed by atoms with van der Waals surface area (Å²) in [5.74, 6) is -2.29. The van der Waals surface area contributed by atoms with Gasteiger partial charge in [-0.05, 0) is 141 Å². The van der Waals surface area contributed by atoms with Gasteiger partial charge in [-0.1, -0.05) is 288 Å². The van der Waals surface area contributed by atoms with Crippen LogP contribution in [-0.4, -0.2) is 96.7 Å². The Hall–Kier alpha value is -5.32. The van der Waals surface area contributed by atoms with E-state index in [1.165, 1.54) is 38.5 Å². The summed E-state index contributed by atoms with van der Waals surface area (Å²) < 4.78 is 68.5. The van der Waals surface area contributed by atoms with Gasteiger partial charge in [0.25, 0.3) is 0 Å². The molecule has 0 aliphatic rings. The quantitative estimate of drug-likeness (QED) is 0.0169. The molecule has 0 spiro atoms. The molecule has 0 aliphatic heterocycles.